The number of carbonyl (C=O) groups is 3. The molecule has 7 heteroatoms. The number of rotatable bonds is 6. The molecule has 3 rings (SSSR count). The van der Waals surface area contributed by atoms with Crippen LogP contribution in [0.5, 0.6) is 0 Å². The zero-order valence-electron chi connectivity index (χ0n) is 14.0. The lowest BCUT2D eigenvalue weighted by atomic mass is 10.2. The van der Waals surface area contributed by atoms with Crippen LogP contribution < -0.4 is 4.90 Å². The Morgan fingerprint density at radius 1 is 1.19 bits per heavy atom. The van der Waals surface area contributed by atoms with Crippen LogP contribution in [0.1, 0.15) is 35.0 Å². The van der Waals surface area contributed by atoms with Gasteiger partial charge in [-0.2, -0.15) is 0 Å². The number of thiophene rings is 1. The predicted octanol–water partition coefficient (Wildman–Crippen LogP) is 4.23. The number of ether oxygens (including phenoxy) is 1. The van der Waals surface area contributed by atoms with Gasteiger partial charge in [-0.3, -0.25) is 9.59 Å². The van der Waals surface area contributed by atoms with Gasteiger partial charge in [0.05, 0.1) is 23.4 Å². The molecule has 0 bridgehead atoms. The Hall–Kier alpha value is -2.44. The Balaban J connectivity index is 1.86. The van der Waals surface area contributed by atoms with Crippen molar-refractivity contribution in [2.45, 2.75) is 19.8 Å². The normalized spacial score (nSPS) is 14.3. The first-order valence-electron chi connectivity index (χ1n) is 8.14. The lowest BCUT2D eigenvalue weighted by Gasteiger charge is -2.15. The number of anilines is 1. The van der Waals surface area contributed by atoms with Crippen LogP contribution in [0.25, 0.3) is 5.57 Å². The summed E-state index contributed by atoms with van der Waals surface area (Å²) in [4.78, 5) is 39.0. The molecule has 2 aromatic rings. The van der Waals surface area contributed by atoms with Gasteiger partial charge in [0.1, 0.15) is 5.03 Å². The molecule has 134 valence electrons. The number of amides is 2. The number of carbonyl (C=O) groups excluding carboxylic acids is 3. The number of hydrogen-bond acceptors (Lipinski definition) is 5. The number of unbranched alkanes of at least 4 members (excludes halogenated alkanes) is 1. The fourth-order valence-corrected chi connectivity index (χ4v) is 3.63. The van der Waals surface area contributed by atoms with Gasteiger partial charge in [-0.1, -0.05) is 37.1 Å². The Morgan fingerprint density at radius 2 is 2.00 bits per heavy atom. The Morgan fingerprint density at radius 3 is 2.69 bits per heavy atom. The van der Waals surface area contributed by atoms with Gasteiger partial charge in [0.25, 0.3) is 11.8 Å². The van der Waals surface area contributed by atoms with E-state index in [1.54, 1.807) is 35.7 Å². The molecule has 26 heavy (non-hydrogen) atoms. The number of nitrogens with zero attached hydrogens (tertiary/aromatic N) is 1. The van der Waals surface area contributed by atoms with Gasteiger partial charge in [0.2, 0.25) is 0 Å². The summed E-state index contributed by atoms with van der Waals surface area (Å²) >= 11 is 7.46. The van der Waals surface area contributed by atoms with E-state index in [9.17, 15) is 14.4 Å². The topological polar surface area (TPSA) is 63.7 Å². The molecular weight excluding hydrogens is 374 g/mol. The molecule has 0 atom stereocenters. The van der Waals surface area contributed by atoms with Crippen molar-refractivity contribution < 1.29 is 19.1 Å². The molecular formula is C19H16ClNO4S. The van der Waals surface area contributed by atoms with Crippen LogP contribution in [0.3, 0.4) is 0 Å². The number of esters is 1. The molecule has 0 N–H and O–H groups in total. The minimum Gasteiger partial charge on any atom is -0.462 e. The Labute approximate surface area is 159 Å². The molecule has 1 aliphatic rings. The first-order chi connectivity index (χ1) is 12.5. The minimum atomic E-state index is -0.600. The Kier molecular flexibility index (Phi) is 5.54. The lowest BCUT2D eigenvalue weighted by molar-refractivity contribution is -0.119. The van der Waals surface area contributed by atoms with Gasteiger partial charge >= 0.3 is 5.97 Å². The van der Waals surface area contributed by atoms with Gasteiger partial charge in [0.15, 0.2) is 0 Å². The maximum absolute atomic E-state index is 12.8. The van der Waals surface area contributed by atoms with E-state index in [0.29, 0.717) is 11.5 Å². The summed E-state index contributed by atoms with van der Waals surface area (Å²) in [5, 5.41) is 1.69. The number of imide groups is 1. The van der Waals surface area contributed by atoms with Crippen molar-refractivity contribution in [2.24, 2.45) is 0 Å². The van der Waals surface area contributed by atoms with Crippen LogP contribution >= 0.6 is 22.9 Å². The van der Waals surface area contributed by atoms with E-state index >= 15 is 0 Å². The van der Waals surface area contributed by atoms with E-state index in [1.165, 1.54) is 17.4 Å². The Bertz CT molecular complexity index is 889. The highest BCUT2D eigenvalue weighted by Gasteiger charge is 2.39. The lowest BCUT2D eigenvalue weighted by Crippen LogP contribution is -2.31. The summed E-state index contributed by atoms with van der Waals surface area (Å²) in [5.41, 5.74) is 0.747. The van der Waals surface area contributed by atoms with Crippen molar-refractivity contribution in [3.63, 3.8) is 0 Å². The highest BCUT2D eigenvalue weighted by atomic mass is 35.5. The number of benzene rings is 1. The first-order valence-corrected chi connectivity index (χ1v) is 9.40. The van der Waals surface area contributed by atoms with E-state index in [2.05, 4.69) is 0 Å². The molecule has 1 aromatic heterocycles. The monoisotopic (exact) mass is 389 g/mol. The zero-order valence-corrected chi connectivity index (χ0v) is 15.6. The van der Waals surface area contributed by atoms with Crippen molar-refractivity contribution in [3.8, 4) is 0 Å². The third-order valence-electron chi connectivity index (χ3n) is 3.87. The predicted molar refractivity (Wildman–Crippen MR) is 101 cm³/mol. The summed E-state index contributed by atoms with van der Waals surface area (Å²) in [6.07, 6.45) is 1.69. The summed E-state index contributed by atoms with van der Waals surface area (Å²) in [5.74, 6) is -1.59. The van der Waals surface area contributed by atoms with E-state index in [0.717, 1.165) is 17.7 Å². The molecule has 0 radical (unpaired) electrons. The van der Waals surface area contributed by atoms with E-state index in [4.69, 9.17) is 16.3 Å². The highest BCUT2D eigenvalue weighted by Crippen LogP contribution is 2.36. The van der Waals surface area contributed by atoms with Crippen molar-refractivity contribution in [3.05, 3.63) is 57.3 Å². The molecule has 1 aromatic carbocycles. The van der Waals surface area contributed by atoms with Crippen LogP contribution in [-0.2, 0) is 14.3 Å². The van der Waals surface area contributed by atoms with E-state index in [1.807, 2.05) is 6.92 Å². The average molecular weight is 390 g/mol. The van der Waals surface area contributed by atoms with Gasteiger partial charge in [-0.15, -0.1) is 11.3 Å². The van der Waals surface area contributed by atoms with E-state index < -0.39 is 17.8 Å². The maximum atomic E-state index is 12.8. The third-order valence-corrected chi connectivity index (χ3v) is 5.10. The largest absolute Gasteiger partial charge is 0.462 e. The maximum Gasteiger partial charge on any atom is 0.338 e. The van der Waals surface area contributed by atoms with Gasteiger partial charge < -0.3 is 4.74 Å². The second-order valence-electron chi connectivity index (χ2n) is 5.65. The van der Waals surface area contributed by atoms with Crippen LogP contribution in [0.15, 0.2) is 46.8 Å². The molecule has 0 fully saturated rings. The highest BCUT2D eigenvalue weighted by molar-refractivity contribution is 7.11. The van der Waals surface area contributed by atoms with E-state index in [-0.39, 0.29) is 21.9 Å². The molecule has 0 aliphatic carbocycles. The molecule has 0 saturated carbocycles. The van der Waals surface area contributed by atoms with Crippen molar-refractivity contribution in [1.82, 2.24) is 0 Å². The zero-order chi connectivity index (χ0) is 18.7. The van der Waals surface area contributed by atoms with Gasteiger partial charge in [-0.05, 0) is 36.1 Å². The van der Waals surface area contributed by atoms with Crippen molar-refractivity contribution in [1.29, 1.82) is 0 Å². The standard InChI is InChI=1S/C19H16ClNO4S/c1-2-3-9-25-19(24)12-6-4-7-13(11-12)21-17(22)15(16(20)18(21)23)14-8-5-10-26-14/h4-8,10-11H,2-3,9H2,1H3. The second-order valence-corrected chi connectivity index (χ2v) is 6.98. The number of hydrogen-bond donors (Lipinski definition) is 0. The molecule has 2 amide bonds. The molecule has 2 heterocycles. The third kappa shape index (κ3) is 3.43. The average Bonchev–Trinajstić information content (AvgIpc) is 3.23. The molecule has 1 aliphatic heterocycles. The molecule has 0 saturated heterocycles. The second kappa shape index (κ2) is 7.85. The van der Waals surface area contributed by atoms with Crippen molar-refractivity contribution >= 4 is 52.0 Å². The quantitative estimate of drug-likeness (QED) is 0.421. The fourth-order valence-electron chi connectivity index (χ4n) is 2.54. The molecule has 0 unspecified atom stereocenters. The molecule has 5 nitrogen and oxygen atoms in total. The van der Waals surface area contributed by atoms with Crippen LogP contribution in [0, 0.1) is 0 Å². The van der Waals surface area contributed by atoms with Crippen molar-refractivity contribution in [2.75, 3.05) is 11.5 Å². The SMILES string of the molecule is CCCCOC(=O)c1cccc(N2C(=O)C(Cl)=C(c3cccs3)C2=O)c1. The van der Waals surface area contributed by atoms with Gasteiger partial charge in [-0.25, -0.2) is 9.69 Å². The first kappa shape index (κ1) is 18.4. The van der Waals surface area contributed by atoms with Crippen LogP contribution in [0.4, 0.5) is 5.69 Å². The fraction of sp³-hybridized carbons (Fsp3) is 0.211. The van der Waals surface area contributed by atoms with Crippen LogP contribution in [-0.4, -0.2) is 24.4 Å². The number of halogens is 1. The smallest absolute Gasteiger partial charge is 0.338 e. The summed E-state index contributed by atoms with van der Waals surface area (Å²) < 4.78 is 5.18. The molecule has 0 spiro atoms. The summed E-state index contributed by atoms with van der Waals surface area (Å²) in [6.45, 7) is 2.33. The van der Waals surface area contributed by atoms with Crippen LogP contribution in [0.2, 0.25) is 0 Å². The minimum absolute atomic E-state index is 0.117. The summed E-state index contributed by atoms with van der Waals surface area (Å²) in [7, 11) is 0. The summed E-state index contributed by atoms with van der Waals surface area (Å²) in [6, 6.07) is 9.75. The van der Waals surface area contributed by atoms with Gasteiger partial charge in [0, 0.05) is 4.88 Å².